The van der Waals surface area contributed by atoms with E-state index in [1.54, 1.807) is 6.20 Å². The predicted molar refractivity (Wildman–Crippen MR) is 91.2 cm³/mol. The van der Waals surface area contributed by atoms with Crippen LogP contribution in [0, 0.1) is 0 Å². The Kier molecular flexibility index (Phi) is 4.88. The Balaban J connectivity index is 1.54. The van der Waals surface area contributed by atoms with Crippen molar-refractivity contribution in [3.63, 3.8) is 0 Å². The van der Waals surface area contributed by atoms with Crippen LogP contribution in [-0.4, -0.2) is 48.0 Å². The molecule has 1 amide bonds. The lowest BCUT2D eigenvalue weighted by Crippen LogP contribution is -2.53. The Bertz CT molecular complexity index is 624. The summed E-state index contributed by atoms with van der Waals surface area (Å²) in [6.07, 6.45) is 2.38. The fourth-order valence-electron chi connectivity index (χ4n) is 2.89. The minimum absolute atomic E-state index is 0.0366. The van der Waals surface area contributed by atoms with Gasteiger partial charge in [-0.3, -0.25) is 4.79 Å². The van der Waals surface area contributed by atoms with E-state index in [1.165, 1.54) is 0 Å². The summed E-state index contributed by atoms with van der Waals surface area (Å²) < 4.78 is 0. The van der Waals surface area contributed by atoms with Crippen molar-refractivity contribution in [1.29, 1.82) is 0 Å². The quantitative estimate of drug-likeness (QED) is 0.924. The second kappa shape index (κ2) is 7.24. The summed E-state index contributed by atoms with van der Waals surface area (Å²) in [6, 6.07) is 15.3. The molecule has 3 rings (SSSR count). The average Bonchev–Trinajstić information content (AvgIpc) is 2.63. The van der Waals surface area contributed by atoms with Gasteiger partial charge in [0.15, 0.2) is 0 Å². The highest BCUT2D eigenvalue weighted by Gasteiger charge is 2.25. The predicted octanol–water partition coefficient (Wildman–Crippen LogP) is 1.30. The first-order valence-electron chi connectivity index (χ1n) is 7.98. The fraction of sp³-hybridized carbons (Fsp3) is 0.333. The largest absolute Gasteiger partial charge is 0.353 e. The number of piperazine rings is 1. The van der Waals surface area contributed by atoms with Gasteiger partial charge >= 0.3 is 0 Å². The normalized spacial score (nSPS) is 16.2. The Labute approximate surface area is 136 Å². The minimum Gasteiger partial charge on any atom is -0.353 e. The number of nitrogens with two attached hydrogens (primary N) is 1. The maximum atomic E-state index is 12.5. The lowest BCUT2D eigenvalue weighted by Gasteiger charge is -2.36. The summed E-state index contributed by atoms with van der Waals surface area (Å²) >= 11 is 0. The summed E-state index contributed by atoms with van der Waals surface area (Å²) in [7, 11) is 0. The Morgan fingerprint density at radius 2 is 1.74 bits per heavy atom. The van der Waals surface area contributed by atoms with Crippen LogP contribution in [0.3, 0.4) is 0 Å². The SMILES string of the molecule is NC(Cc1ccccc1)C(=O)N1CCN(c2ccccn2)CC1. The van der Waals surface area contributed by atoms with Crippen LogP contribution in [0.4, 0.5) is 5.82 Å². The monoisotopic (exact) mass is 310 g/mol. The zero-order valence-corrected chi connectivity index (χ0v) is 13.1. The molecule has 23 heavy (non-hydrogen) atoms. The third-order valence-corrected chi connectivity index (χ3v) is 4.18. The number of anilines is 1. The molecule has 120 valence electrons. The van der Waals surface area contributed by atoms with Crippen molar-refractivity contribution in [2.75, 3.05) is 31.1 Å². The van der Waals surface area contributed by atoms with Crippen LogP contribution in [-0.2, 0) is 11.2 Å². The van der Waals surface area contributed by atoms with Gasteiger partial charge in [-0.05, 0) is 24.1 Å². The van der Waals surface area contributed by atoms with E-state index < -0.39 is 6.04 Å². The first-order chi connectivity index (χ1) is 11.2. The van der Waals surface area contributed by atoms with Crippen LogP contribution in [0.2, 0.25) is 0 Å². The molecule has 0 bridgehead atoms. The van der Waals surface area contributed by atoms with Crippen LogP contribution in [0.1, 0.15) is 5.56 Å². The van der Waals surface area contributed by atoms with Crippen molar-refractivity contribution in [1.82, 2.24) is 9.88 Å². The molecule has 2 N–H and O–H groups in total. The Morgan fingerprint density at radius 3 is 2.39 bits per heavy atom. The molecule has 0 aliphatic carbocycles. The van der Waals surface area contributed by atoms with E-state index in [-0.39, 0.29) is 5.91 Å². The third kappa shape index (κ3) is 3.87. The molecule has 5 nitrogen and oxygen atoms in total. The second-order valence-electron chi connectivity index (χ2n) is 5.80. The molecule has 1 unspecified atom stereocenters. The molecule has 0 saturated carbocycles. The number of carbonyl (C=O) groups is 1. The van der Waals surface area contributed by atoms with E-state index in [1.807, 2.05) is 53.4 Å². The van der Waals surface area contributed by atoms with E-state index in [2.05, 4.69) is 9.88 Å². The number of nitrogens with zero attached hydrogens (tertiary/aromatic N) is 3. The minimum atomic E-state index is -0.473. The van der Waals surface area contributed by atoms with Crippen LogP contribution < -0.4 is 10.6 Å². The van der Waals surface area contributed by atoms with Crippen LogP contribution in [0.25, 0.3) is 0 Å². The molecule has 5 heteroatoms. The molecule has 1 aromatic carbocycles. The number of hydrogen-bond acceptors (Lipinski definition) is 4. The molecule has 1 aliphatic heterocycles. The van der Waals surface area contributed by atoms with Gasteiger partial charge in [-0.1, -0.05) is 36.4 Å². The van der Waals surface area contributed by atoms with Gasteiger partial charge in [0.05, 0.1) is 6.04 Å². The van der Waals surface area contributed by atoms with E-state index >= 15 is 0 Å². The number of rotatable bonds is 4. The number of aromatic nitrogens is 1. The number of amides is 1. The molecule has 1 fully saturated rings. The van der Waals surface area contributed by atoms with Crippen LogP contribution >= 0.6 is 0 Å². The Morgan fingerprint density at radius 1 is 1.04 bits per heavy atom. The highest BCUT2D eigenvalue weighted by molar-refractivity contribution is 5.82. The summed E-state index contributed by atoms with van der Waals surface area (Å²) in [5, 5.41) is 0. The second-order valence-corrected chi connectivity index (χ2v) is 5.80. The summed E-state index contributed by atoms with van der Waals surface area (Å²) in [5.41, 5.74) is 7.21. The summed E-state index contributed by atoms with van der Waals surface area (Å²) in [5.74, 6) is 1.00. The number of hydrogen-bond donors (Lipinski definition) is 1. The number of carbonyl (C=O) groups excluding carboxylic acids is 1. The smallest absolute Gasteiger partial charge is 0.239 e. The van der Waals surface area contributed by atoms with Crippen molar-refractivity contribution in [3.05, 3.63) is 60.3 Å². The van der Waals surface area contributed by atoms with Gasteiger partial charge in [-0.25, -0.2) is 4.98 Å². The van der Waals surface area contributed by atoms with Crippen LogP contribution in [0.15, 0.2) is 54.7 Å². The molecule has 2 aromatic rings. The van der Waals surface area contributed by atoms with E-state index in [0.717, 1.165) is 24.5 Å². The van der Waals surface area contributed by atoms with Crippen molar-refractivity contribution in [2.45, 2.75) is 12.5 Å². The number of pyridine rings is 1. The molecular weight excluding hydrogens is 288 g/mol. The maximum Gasteiger partial charge on any atom is 0.239 e. The molecule has 2 heterocycles. The topological polar surface area (TPSA) is 62.5 Å². The molecule has 1 saturated heterocycles. The van der Waals surface area contributed by atoms with Crippen molar-refractivity contribution in [3.8, 4) is 0 Å². The molecular formula is C18H22N4O. The first kappa shape index (κ1) is 15.5. The van der Waals surface area contributed by atoms with Gasteiger partial charge in [-0.15, -0.1) is 0 Å². The summed E-state index contributed by atoms with van der Waals surface area (Å²) in [6.45, 7) is 2.97. The molecule has 0 spiro atoms. The molecule has 0 radical (unpaired) electrons. The van der Waals surface area contributed by atoms with Gasteiger partial charge in [0.1, 0.15) is 5.82 Å². The van der Waals surface area contributed by atoms with Crippen molar-refractivity contribution < 1.29 is 4.79 Å². The van der Waals surface area contributed by atoms with E-state index in [4.69, 9.17) is 5.73 Å². The Hall–Kier alpha value is -2.40. The van der Waals surface area contributed by atoms with E-state index in [9.17, 15) is 4.79 Å². The van der Waals surface area contributed by atoms with Gasteiger partial charge in [0.2, 0.25) is 5.91 Å². The van der Waals surface area contributed by atoms with Gasteiger partial charge in [0, 0.05) is 32.4 Å². The van der Waals surface area contributed by atoms with Gasteiger partial charge in [0.25, 0.3) is 0 Å². The van der Waals surface area contributed by atoms with Crippen molar-refractivity contribution in [2.24, 2.45) is 5.73 Å². The summed E-state index contributed by atoms with van der Waals surface area (Å²) in [4.78, 5) is 20.9. The number of benzene rings is 1. The standard InChI is InChI=1S/C18H22N4O/c19-16(14-15-6-2-1-3-7-15)18(23)22-12-10-21(11-13-22)17-8-4-5-9-20-17/h1-9,16H,10-14,19H2. The maximum absolute atomic E-state index is 12.5. The lowest BCUT2D eigenvalue weighted by atomic mass is 10.1. The average molecular weight is 310 g/mol. The van der Waals surface area contributed by atoms with Crippen LogP contribution in [0.5, 0.6) is 0 Å². The highest BCUT2D eigenvalue weighted by atomic mass is 16.2. The zero-order chi connectivity index (χ0) is 16.1. The first-order valence-corrected chi connectivity index (χ1v) is 7.98. The third-order valence-electron chi connectivity index (χ3n) is 4.18. The van der Waals surface area contributed by atoms with Gasteiger partial charge in [-0.2, -0.15) is 0 Å². The van der Waals surface area contributed by atoms with Crippen molar-refractivity contribution >= 4 is 11.7 Å². The molecule has 1 aromatic heterocycles. The highest BCUT2D eigenvalue weighted by Crippen LogP contribution is 2.13. The fourth-order valence-corrected chi connectivity index (χ4v) is 2.89. The zero-order valence-electron chi connectivity index (χ0n) is 13.1. The molecule has 1 aliphatic rings. The van der Waals surface area contributed by atoms with E-state index in [0.29, 0.717) is 19.5 Å². The molecule has 1 atom stereocenters. The lowest BCUT2D eigenvalue weighted by molar-refractivity contribution is -0.132. The van der Waals surface area contributed by atoms with Gasteiger partial charge < -0.3 is 15.5 Å².